The summed E-state index contributed by atoms with van der Waals surface area (Å²) in [6.07, 6.45) is 0. The molecule has 132 valence electrons. The minimum Gasteiger partial charge on any atom is -0.394 e. The maximum Gasteiger partial charge on any atom is 0.274 e. The Morgan fingerprint density at radius 3 is 2.13 bits per heavy atom. The van der Waals surface area contributed by atoms with E-state index in [1.54, 1.807) is 31.2 Å². The zero-order valence-corrected chi connectivity index (χ0v) is 14.0. The quantitative estimate of drug-likeness (QED) is 0.428. The summed E-state index contributed by atoms with van der Waals surface area (Å²) in [5.74, 6) is 0. The minimum atomic E-state index is -4.26. The summed E-state index contributed by atoms with van der Waals surface area (Å²) in [7, 11) is -4.26. The van der Waals surface area contributed by atoms with Crippen molar-refractivity contribution in [2.45, 2.75) is 12.2 Å². The van der Waals surface area contributed by atoms with Crippen LogP contribution in [0, 0.1) is 6.92 Å². The lowest BCUT2D eigenvalue weighted by Crippen LogP contribution is -2.20. The second-order valence-electron chi connectivity index (χ2n) is 4.88. The van der Waals surface area contributed by atoms with Gasteiger partial charge >= 0.3 is 0 Å². The third-order valence-electron chi connectivity index (χ3n) is 3.14. The average molecular weight is 348 g/mol. The topological polar surface area (TPSA) is 102 Å². The highest BCUT2D eigenvalue weighted by molar-refractivity contribution is 7.86. The molecule has 2 N–H and O–H groups in total. The van der Waals surface area contributed by atoms with E-state index in [9.17, 15) is 13.0 Å². The summed E-state index contributed by atoms with van der Waals surface area (Å²) in [5.41, 5.74) is 1.30. The van der Waals surface area contributed by atoms with Gasteiger partial charge in [0.25, 0.3) is 10.1 Å². The van der Waals surface area contributed by atoms with Crippen LogP contribution in [0.4, 0.5) is 0 Å². The van der Waals surface area contributed by atoms with Crippen LogP contribution < -0.4 is 0 Å². The molecule has 0 aliphatic rings. The van der Waals surface area contributed by atoms with Crippen LogP contribution in [0.5, 0.6) is 0 Å². The van der Waals surface area contributed by atoms with Gasteiger partial charge in [0.05, 0.1) is 46.2 Å². The van der Waals surface area contributed by atoms with E-state index in [-0.39, 0.29) is 33.0 Å². The summed E-state index contributed by atoms with van der Waals surface area (Å²) in [4.78, 5) is 0. The van der Waals surface area contributed by atoms with Gasteiger partial charge in [-0.25, -0.2) is 0 Å². The van der Waals surface area contributed by atoms with Crippen LogP contribution in [0.2, 0.25) is 0 Å². The zero-order valence-electron chi connectivity index (χ0n) is 13.2. The van der Waals surface area contributed by atoms with Crippen molar-refractivity contribution in [3.05, 3.63) is 35.4 Å². The van der Waals surface area contributed by atoms with Gasteiger partial charge in [0.15, 0.2) is 0 Å². The van der Waals surface area contributed by atoms with Crippen LogP contribution in [0.1, 0.15) is 16.4 Å². The first kappa shape index (κ1) is 20.0. The molecule has 1 aromatic carbocycles. The molecule has 1 aromatic rings. The lowest BCUT2D eigenvalue weighted by Gasteiger charge is -2.16. The van der Waals surface area contributed by atoms with Gasteiger partial charge in [-0.3, -0.25) is 4.55 Å². The van der Waals surface area contributed by atoms with E-state index in [1.807, 2.05) is 0 Å². The van der Waals surface area contributed by atoms with E-state index in [4.69, 9.17) is 19.3 Å². The van der Waals surface area contributed by atoms with Gasteiger partial charge in [-0.2, -0.15) is 8.42 Å². The normalized spacial score (nSPS) is 13.2. The van der Waals surface area contributed by atoms with E-state index in [2.05, 4.69) is 0 Å². The molecule has 23 heavy (non-hydrogen) atoms. The van der Waals surface area contributed by atoms with Gasteiger partial charge in [0.1, 0.15) is 5.25 Å². The lowest BCUT2D eigenvalue weighted by molar-refractivity contribution is 0.00750. The minimum absolute atomic E-state index is 0.0287. The van der Waals surface area contributed by atoms with Crippen molar-refractivity contribution in [1.82, 2.24) is 0 Å². The van der Waals surface area contributed by atoms with Gasteiger partial charge in [0.2, 0.25) is 0 Å². The van der Waals surface area contributed by atoms with Crippen LogP contribution in [0.25, 0.3) is 0 Å². The molecule has 0 fully saturated rings. The Hall–Kier alpha value is -1.03. The second kappa shape index (κ2) is 10.7. The van der Waals surface area contributed by atoms with E-state index >= 15 is 0 Å². The highest BCUT2D eigenvalue weighted by Gasteiger charge is 2.26. The average Bonchev–Trinajstić information content (AvgIpc) is 2.49. The lowest BCUT2D eigenvalue weighted by atomic mass is 10.1. The first-order valence-corrected chi connectivity index (χ1v) is 8.83. The van der Waals surface area contributed by atoms with Crippen LogP contribution in [-0.4, -0.2) is 64.3 Å². The molecule has 1 rings (SSSR count). The van der Waals surface area contributed by atoms with Crippen molar-refractivity contribution < 1.29 is 32.3 Å². The molecule has 0 saturated heterocycles. The Kier molecular flexibility index (Phi) is 9.30. The molecule has 7 nitrogen and oxygen atoms in total. The maximum atomic E-state index is 11.6. The fourth-order valence-corrected chi connectivity index (χ4v) is 2.83. The third-order valence-corrected chi connectivity index (χ3v) is 4.25. The summed E-state index contributed by atoms with van der Waals surface area (Å²) < 4.78 is 48.1. The van der Waals surface area contributed by atoms with E-state index in [0.717, 1.165) is 5.56 Å². The van der Waals surface area contributed by atoms with E-state index in [1.165, 1.54) is 0 Å². The van der Waals surface area contributed by atoms with Crippen LogP contribution >= 0.6 is 0 Å². The molecule has 1 unspecified atom stereocenters. The SMILES string of the molecule is Cc1ccccc1C(COCCOCCOCCO)S(=O)(=O)O. The van der Waals surface area contributed by atoms with Crippen LogP contribution in [-0.2, 0) is 24.3 Å². The molecule has 0 saturated carbocycles. The summed E-state index contributed by atoms with van der Waals surface area (Å²) in [5, 5.41) is 7.40. The van der Waals surface area contributed by atoms with Crippen molar-refractivity contribution >= 4 is 10.1 Å². The molecule has 0 spiro atoms. The van der Waals surface area contributed by atoms with Gasteiger partial charge < -0.3 is 19.3 Å². The Labute approximate surface area is 136 Å². The third kappa shape index (κ3) is 7.87. The number of benzene rings is 1. The molecule has 0 aromatic heterocycles. The standard InChI is InChI=1S/C15H24O7S/c1-13-4-2-3-5-14(13)15(23(17,18)19)12-22-11-10-21-9-8-20-7-6-16/h2-5,15-16H,6-12H2,1H3,(H,17,18,19). The first-order chi connectivity index (χ1) is 11.0. The van der Waals surface area contributed by atoms with Gasteiger partial charge in [-0.05, 0) is 18.1 Å². The fourth-order valence-electron chi connectivity index (χ4n) is 1.98. The number of aryl methyl sites for hydroxylation is 1. The van der Waals surface area contributed by atoms with Crippen molar-refractivity contribution in [3.8, 4) is 0 Å². The molecule has 0 heterocycles. The van der Waals surface area contributed by atoms with Crippen molar-refractivity contribution in [2.24, 2.45) is 0 Å². The second-order valence-corrected chi connectivity index (χ2v) is 6.48. The van der Waals surface area contributed by atoms with Crippen LogP contribution in [0.15, 0.2) is 24.3 Å². The Bertz CT molecular complexity index is 545. The largest absolute Gasteiger partial charge is 0.394 e. The highest BCUT2D eigenvalue weighted by Crippen LogP contribution is 2.24. The molecule has 1 atom stereocenters. The summed E-state index contributed by atoms with van der Waals surface area (Å²) in [6, 6.07) is 6.96. The Morgan fingerprint density at radius 1 is 1.00 bits per heavy atom. The predicted octanol–water partition coefficient (Wildman–Crippen LogP) is 0.966. The monoisotopic (exact) mass is 348 g/mol. The Balaban J connectivity index is 2.36. The van der Waals surface area contributed by atoms with Crippen molar-refractivity contribution in [2.75, 3.05) is 46.2 Å². The van der Waals surface area contributed by atoms with Gasteiger partial charge in [0, 0.05) is 0 Å². The molecule has 0 radical (unpaired) electrons. The smallest absolute Gasteiger partial charge is 0.274 e. The number of aliphatic hydroxyl groups excluding tert-OH is 1. The number of aliphatic hydroxyl groups is 1. The number of hydrogen-bond acceptors (Lipinski definition) is 6. The molecule has 8 heteroatoms. The fraction of sp³-hybridized carbons (Fsp3) is 0.600. The maximum absolute atomic E-state index is 11.6. The summed E-state index contributed by atoms with van der Waals surface area (Å²) in [6.45, 7) is 3.11. The Morgan fingerprint density at radius 2 is 1.57 bits per heavy atom. The van der Waals surface area contributed by atoms with Crippen LogP contribution in [0.3, 0.4) is 0 Å². The molecule has 0 amide bonds. The van der Waals surface area contributed by atoms with E-state index in [0.29, 0.717) is 18.8 Å². The highest BCUT2D eigenvalue weighted by atomic mass is 32.2. The molecular formula is C15H24O7S. The zero-order chi connectivity index (χ0) is 17.1. The molecule has 0 bridgehead atoms. The number of rotatable bonds is 12. The van der Waals surface area contributed by atoms with E-state index < -0.39 is 15.4 Å². The molecule has 0 aliphatic heterocycles. The van der Waals surface area contributed by atoms with Crippen molar-refractivity contribution in [3.63, 3.8) is 0 Å². The van der Waals surface area contributed by atoms with Crippen molar-refractivity contribution in [1.29, 1.82) is 0 Å². The molecular weight excluding hydrogens is 324 g/mol. The predicted molar refractivity (Wildman–Crippen MR) is 85.0 cm³/mol. The molecule has 0 aliphatic carbocycles. The first-order valence-electron chi connectivity index (χ1n) is 7.32. The number of hydrogen-bond donors (Lipinski definition) is 2. The van der Waals surface area contributed by atoms with Gasteiger partial charge in [-0.1, -0.05) is 24.3 Å². The summed E-state index contributed by atoms with van der Waals surface area (Å²) >= 11 is 0. The van der Waals surface area contributed by atoms with Gasteiger partial charge in [-0.15, -0.1) is 0 Å². The number of ether oxygens (including phenoxy) is 3.